The van der Waals surface area contributed by atoms with Gasteiger partial charge in [-0.15, -0.1) is 11.3 Å². The van der Waals surface area contributed by atoms with E-state index in [1.807, 2.05) is 41.5 Å². The Morgan fingerprint density at radius 2 is 2.12 bits per heavy atom. The molecule has 1 saturated heterocycles. The number of aliphatic hydroxyl groups excluding tert-OH is 1. The predicted octanol–water partition coefficient (Wildman–Crippen LogP) is 1.83. The van der Waals surface area contributed by atoms with Crippen molar-refractivity contribution in [2.75, 3.05) is 54.0 Å². The third-order valence-electron chi connectivity index (χ3n) is 7.03. The molecule has 0 saturated carbocycles. The number of carbonyl (C=O) groups is 1. The van der Waals surface area contributed by atoms with Gasteiger partial charge in [0.2, 0.25) is 5.91 Å². The zero-order chi connectivity index (χ0) is 23.3. The van der Waals surface area contributed by atoms with Crippen LogP contribution in [0.25, 0.3) is 10.9 Å². The van der Waals surface area contributed by atoms with Gasteiger partial charge in [0, 0.05) is 60.8 Å². The molecule has 1 aromatic carbocycles. The summed E-state index contributed by atoms with van der Waals surface area (Å²) in [5.74, 6) is 0.968. The van der Waals surface area contributed by atoms with Gasteiger partial charge >= 0.3 is 0 Å². The van der Waals surface area contributed by atoms with E-state index in [1.165, 1.54) is 10.9 Å². The smallest absolute Gasteiger partial charge is 0.236 e. The quantitative estimate of drug-likeness (QED) is 0.594. The van der Waals surface area contributed by atoms with Crippen molar-refractivity contribution in [3.63, 3.8) is 0 Å². The number of hydrogen-bond acceptors (Lipinski definition) is 7. The molecular weight excluding hydrogens is 438 g/mol. The molecule has 1 spiro atoms. The lowest BCUT2D eigenvalue weighted by molar-refractivity contribution is -0.141. The summed E-state index contributed by atoms with van der Waals surface area (Å²) in [5.41, 5.74) is 3.31. The number of nitrogens with zero attached hydrogens (tertiary/aromatic N) is 5. The molecule has 0 radical (unpaired) electrons. The fraction of sp³-hybridized carbons (Fsp3) is 0.500. The highest BCUT2D eigenvalue weighted by Gasteiger charge is 2.54. The molecule has 2 aliphatic rings. The number of hydrogen-bond donors (Lipinski definition) is 1. The van der Waals surface area contributed by atoms with E-state index in [2.05, 4.69) is 33.6 Å². The average Bonchev–Trinajstić information content (AvgIpc) is 3.37. The summed E-state index contributed by atoms with van der Waals surface area (Å²) in [6.45, 7) is 3.27. The number of thiazole rings is 1. The van der Waals surface area contributed by atoms with Crippen molar-refractivity contribution in [1.29, 1.82) is 0 Å². The molecule has 1 atom stereocenters. The molecule has 0 bridgehead atoms. The molecule has 8 nitrogen and oxygen atoms in total. The van der Waals surface area contributed by atoms with Crippen LogP contribution in [-0.2, 0) is 23.8 Å². The van der Waals surface area contributed by atoms with E-state index in [4.69, 9.17) is 4.74 Å². The Morgan fingerprint density at radius 3 is 2.76 bits per heavy atom. The Morgan fingerprint density at radius 1 is 1.33 bits per heavy atom. The average molecular weight is 470 g/mol. The first-order valence-corrected chi connectivity index (χ1v) is 12.1. The number of likely N-dealkylation sites (N-methyl/N-ethyl adjacent to an activating group) is 1. The van der Waals surface area contributed by atoms with Crippen molar-refractivity contribution < 1.29 is 14.6 Å². The molecule has 1 fully saturated rings. The van der Waals surface area contributed by atoms with Crippen molar-refractivity contribution in [3.8, 4) is 5.75 Å². The van der Waals surface area contributed by atoms with Crippen LogP contribution in [0.2, 0.25) is 0 Å². The van der Waals surface area contributed by atoms with Crippen molar-refractivity contribution >= 4 is 28.1 Å². The van der Waals surface area contributed by atoms with Crippen molar-refractivity contribution in [1.82, 2.24) is 24.3 Å². The Bertz CT molecular complexity index is 1170. The van der Waals surface area contributed by atoms with Crippen LogP contribution in [-0.4, -0.2) is 89.3 Å². The highest BCUT2D eigenvalue weighted by atomic mass is 32.1. The van der Waals surface area contributed by atoms with Gasteiger partial charge in [0.05, 0.1) is 38.4 Å². The van der Waals surface area contributed by atoms with Crippen molar-refractivity contribution in [2.24, 2.45) is 7.05 Å². The van der Waals surface area contributed by atoms with Gasteiger partial charge in [-0.2, -0.15) is 0 Å². The SMILES string of the molecule is COc1ccc2c3c(n(C)c2c1)[C@H](CO)N(Cc1nccs1)CC31CN(C(=O)CN(C)C)C1. The van der Waals surface area contributed by atoms with Gasteiger partial charge in [0.15, 0.2) is 0 Å². The zero-order valence-corrected chi connectivity index (χ0v) is 20.4. The topological polar surface area (TPSA) is 74.1 Å². The summed E-state index contributed by atoms with van der Waals surface area (Å²) >= 11 is 1.63. The van der Waals surface area contributed by atoms with Gasteiger partial charge < -0.3 is 24.2 Å². The molecule has 33 heavy (non-hydrogen) atoms. The lowest BCUT2D eigenvalue weighted by Crippen LogP contribution is -2.68. The second-order valence-electron chi connectivity index (χ2n) is 9.50. The maximum atomic E-state index is 12.8. The lowest BCUT2D eigenvalue weighted by Gasteiger charge is -2.56. The van der Waals surface area contributed by atoms with Gasteiger partial charge in [-0.05, 0) is 31.8 Å². The Balaban J connectivity index is 1.61. The molecule has 2 aromatic heterocycles. The van der Waals surface area contributed by atoms with Crippen molar-refractivity contribution in [3.05, 3.63) is 46.0 Å². The van der Waals surface area contributed by atoms with E-state index in [9.17, 15) is 9.90 Å². The first kappa shape index (κ1) is 22.3. The van der Waals surface area contributed by atoms with Crippen LogP contribution in [0.5, 0.6) is 5.75 Å². The van der Waals surface area contributed by atoms with E-state index >= 15 is 0 Å². The summed E-state index contributed by atoms with van der Waals surface area (Å²) in [7, 11) is 7.59. The maximum Gasteiger partial charge on any atom is 0.236 e. The van der Waals surface area contributed by atoms with Crippen LogP contribution in [0.1, 0.15) is 22.3 Å². The molecule has 0 aliphatic carbocycles. The molecule has 4 heterocycles. The van der Waals surface area contributed by atoms with E-state index < -0.39 is 0 Å². The number of aryl methyl sites for hydroxylation is 1. The number of fused-ring (bicyclic) bond motifs is 4. The number of aromatic nitrogens is 2. The molecule has 1 N–H and O–H groups in total. The molecule has 3 aromatic rings. The van der Waals surface area contributed by atoms with Crippen LogP contribution in [0.3, 0.4) is 0 Å². The summed E-state index contributed by atoms with van der Waals surface area (Å²) in [4.78, 5) is 23.5. The minimum Gasteiger partial charge on any atom is -0.497 e. The molecule has 2 aliphatic heterocycles. The molecule has 176 valence electrons. The maximum absolute atomic E-state index is 12.8. The number of aliphatic hydroxyl groups is 1. The largest absolute Gasteiger partial charge is 0.497 e. The Hall–Kier alpha value is -2.46. The van der Waals surface area contributed by atoms with E-state index in [0.29, 0.717) is 26.2 Å². The zero-order valence-electron chi connectivity index (χ0n) is 19.6. The molecule has 1 amide bonds. The number of benzene rings is 1. The lowest BCUT2D eigenvalue weighted by atomic mass is 9.68. The molecule has 0 unspecified atom stereocenters. The first-order chi connectivity index (χ1) is 15.9. The van der Waals surface area contributed by atoms with Crippen LogP contribution in [0.15, 0.2) is 29.8 Å². The number of carbonyl (C=O) groups excluding carboxylic acids is 1. The van der Waals surface area contributed by atoms with Gasteiger partial charge in [-0.3, -0.25) is 9.69 Å². The summed E-state index contributed by atoms with van der Waals surface area (Å²) in [6.07, 6.45) is 1.83. The molecule has 9 heteroatoms. The number of amides is 1. The van der Waals surface area contributed by atoms with E-state index in [0.717, 1.165) is 28.5 Å². The van der Waals surface area contributed by atoms with Gasteiger partial charge in [-0.1, -0.05) is 0 Å². The standard InChI is InChI=1S/C24H31N5O3S/c1-26(2)11-21(31)29-14-24(15-29)13-28(10-20-25-7-8-33-20)19(12-30)23-22(24)17-6-5-16(32-4)9-18(17)27(23)3/h5-9,19,30H,10-15H2,1-4H3/t19-/m0/s1. The fourth-order valence-electron chi connectivity index (χ4n) is 5.62. The van der Waals surface area contributed by atoms with Crippen LogP contribution >= 0.6 is 11.3 Å². The van der Waals surface area contributed by atoms with Gasteiger partial charge in [0.1, 0.15) is 10.8 Å². The number of rotatable bonds is 6. The minimum atomic E-state index is -0.172. The van der Waals surface area contributed by atoms with Crippen LogP contribution in [0.4, 0.5) is 0 Å². The minimum absolute atomic E-state index is 0.0268. The normalized spacial score (nSPS) is 19.8. The Kier molecular flexibility index (Phi) is 5.68. The van der Waals surface area contributed by atoms with E-state index in [1.54, 1.807) is 18.4 Å². The first-order valence-electron chi connectivity index (χ1n) is 11.2. The summed E-state index contributed by atoms with van der Waals surface area (Å²) in [6, 6.07) is 6.06. The number of methoxy groups -OCH3 is 1. The summed E-state index contributed by atoms with van der Waals surface area (Å²) in [5, 5.41) is 14.7. The molecule has 5 rings (SSSR count). The second-order valence-corrected chi connectivity index (χ2v) is 10.5. The molecular formula is C24H31N5O3S. The third kappa shape index (κ3) is 3.63. The van der Waals surface area contributed by atoms with Crippen LogP contribution in [0, 0.1) is 0 Å². The highest BCUT2D eigenvalue weighted by molar-refractivity contribution is 7.09. The number of ether oxygens (including phenoxy) is 1. The third-order valence-corrected chi connectivity index (χ3v) is 7.80. The van der Waals surface area contributed by atoms with E-state index in [-0.39, 0.29) is 24.0 Å². The monoisotopic (exact) mass is 469 g/mol. The number of likely N-dealkylation sites (tertiary alicyclic amines) is 1. The van der Waals surface area contributed by atoms with Gasteiger partial charge in [-0.25, -0.2) is 4.98 Å². The predicted molar refractivity (Wildman–Crippen MR) is 129 cm³/mol. The van der Waals surface area contributed by atoms with Crippen molar-refractivity contribution in [2.45, 2.75) is 18.0 Å². The highest BCUT2D eigenvalue weighted by Crippen LogP contribution is 2.50. The fourth-order valence-corrected chi connectivity index (χ4v) is 6.26. The van der Waals surface area contributed by atoms with Crippen LogP contribution < -0.4 is 4.74 Å². The summed E-state index contributed by atoms with van der Waals surface area (Å²) < 4.78 is 7.70. The second kappa shape index (κ2) is 8.39. The Labute approximate surface area is 198 Å². The van der Waals surface area contributed by atoms with Gasteiger partial charge in [0.25, 0.3) is 0 Å².